The zero-order valence-electron chi connectivity index (χ0n) is 9.76. The van der Waals surface area contributed by atoms with Gasteiger partial charge in [0.15, 0.2) is 0 Å². The van der Waals surface area contributed by atoms with Crippen molar-refractivity contribution >= 4 is 17.5 Å². The maximum absolute atomic E-state index is 11.8. The molecule has 15 heavy (non-hydrogen) atoms. The van der Waals surface area contributed by atoms with Gasteiger partial charge in [0.05, 0.1) is 0 Å². The summed E-state index contributed by atoms with van der Waals surface area (Å²) in [6.07, 6.45) is 6.68. The minimum Gasteiger partial charge on any atom is -0.353 e. The summed E-state index contributed by atoms with van der Waals surface area (Å²) < 4.78 is 0. The number of carbonyl (C=O) groups excluding carboxylic acids is 1. The summed E-state index contributed by atoms with van der Waals surface area (Å²) >= 11 is 5.89. The molecule has 0 aromatic heterocycles. The van der Waals surface area contributed by atoms with Crippen LogP contribution in [0.1, 0.15) is 52.4 Å². The van der Waals surface area contributed by atoms with Crippen LogP contribution in [0.2, 0.25) is 0 Å². The molecule has 1 fully saturated rings. The second kappa shape index (κ2) is 6.37. The Balaban J connectivity index is 2.27. The third kappa shape index (κ3) is 4.87. The van der Waals surface area contributed by atoms with Crippen LogP contribution in [0.5, 0.6) is 0 Å². The molecule has 2 unspecified atom stereocenters. The first-order chi connectivity index (χ1) is 7.09. The number of carbonyl (C=O) groups is 1. The van der Waals surface area contributed by atoms with Crippen molar-refractivity contribution in [3.63, 3.8) is 0 Å². The molecule has 1 saturated carbocycles. The lowest BCUT2D eigenvalue weighted by Gasteiger charge is -2.23. The summed E-state index contributed by atoms with van der Waals surface area (Å²) in [6, 6.07) is 0.201. The van der Waals surface area contributed by atoms with E-state index in [9.17, 15) is 4.79 Å². The minimum atomic E-state index is 0.131. The van der Waals surface area contributed by atoms with Gasteiger partial charge in [-0.15, -0.1) is 11.6 Å². The minimum absolute atomic E-state index is 0.131. The van der Waals surface area contributed by atoms with Crippen LogP contribution in [-0.4, -0.2) is 17.3 Å². The fourth-order valence-electron chi connectivity index (χ4n) is 2.27. The van der Waals surface area contributed by atoms with Gasteiger partial charge in [-0.3, -0.25) is 4.79 Å². The maximum atomic E-state index is 11.8. The molecule has 0 aromatic carbocycles. The van der Waals surface area contributed by atoms with Crippen molar-refractivity contribution in [1.82, 2.24) is 5.32 Å². The van der Waals surface area contributed by atoms with Gasteiger partial charge in [-0.2, -0.15) is 0 Å². The van der Waals surface area contributed by atoms with Crippen molar-refractivity contribution in [1.29, 1.82) is 0 Å². The van der Waals surface area contributed by atoms with Gasteiger partial charge in [0.1, 0.15) is 0 Å². The molecular formula is C12H22ClNO. The van der Waals surface area contributed by atoms with E-state index >= 15 is 0 Å². The second-order valence-electron chi connectivity index (χ2n) is 4.76. The van der Waals surface area contributed by atoms with E-state index in [1.54, 1.807) is 0 Å². The van der Waals surface area contributed by atoms with Gasteiger partial charge in [0.2, 0.25) is 5.91 Å². The topological polar surface area (TPSA) is 29.1 Å². The Morgan fingerprint density at radius 3 is 2.47 bits per heavy atom. The van der Waals surface area contributed by atoms with E-state index in [1.807, 2.05) is 13.8 Å². The quantitative estimate of drug-likeness (QED) is 0.741. The van der Waals surface area contributed by atoms with Gasteiger partial charge in [-0.25, -0.2) is 0 Å². The van der Waals surface area contributed by atoms with Gasteiger partial charge >= 0.3 is 0 Å². The molecule has 0 heterocycles. The van der Waals surface area contributed by atoms with E-state index in [1.165, 1.54) is 19.3 Å². The van der Waals surface area contributed by atoms with Crippen molar-refractivity contribution in [3.05, 3.63) is 0 Å². The van der Waals surface area contributed by atoms with Crippen LogP contribution in [0.15, 0.2) is 0 Å². The highest BCUT2D eigenvalue weighted by Gasteiger charge is 2.22. The molecule has 1 amide bonds. The summed E-state index contributed by atoms with van der Waals surface area (Å²) in [4.78, 5) is 11.8. The molecule has 1 rings (SSSR count). The fourth-order valence-corrected chi connectivity index (χ4v) is 2.54. The molecule has 0 radical (unpaired) electrons. The average molecular weight is 232 g/mol. The summed E-state index contributed by atoms with van der Waals surface area (Å²) in [5.74, 6) is 0.492. The first-order valence-electron chi connectivity index (χ1n) is 6.04. The Morgan fingerprint density at radius 1 is 1.33 bits per heavy atom. The van der Waals surface area contributed by atoms with Crippen LogP contribution in [0.4, 0.5) is 0 Å². The van der Waals surface area contributed by atoms with Gasteiger partial charge in [0.25, 0.3) is 0 Å². The molecule has 1 N–H and O–H groups in total. The lowest BCUT2D eigenvalue weighted by molar-refractivity contribution is -0.126. The second-order valence-corrected chi connectivity index (χ2v) is 5.51. The van der Waals surface area contributed by atoms with Crippen molar-refractivity contribution in [2.24, 2.45) is 5.92 Å². The van der Waals surface area contributed by atoms with E-state index in [0.717, 1.165) is 19.3 Å². The molecule has 0 saturated heterocycles. The normalized spacial score (nSPS) is 22.1. The van der Waals surface area contributed by atoms with E-state index in [-0.39, 0.29) is 23.2 Å². The number of alkyl halides is 1. The summed E-state index contributed by atoms with van der Waals surface area (Å²) in [5.41, 5.74) is 0. The van der Waals surface area contributed by atoms with Crippen molar-refractivity contribution in [2.75, 3.05) is 0 Å². The molecule has 0 bridgehead atoms. The number of amides is 1. The molecule has 3 heteroatoms. The molecular weight excluding hydrogens is 210 g/mol. The Hall–Kier alpha value is -0.240. The lowest BCUT2D eigenvalue weighted by Crippen LogP contribution is -2.38. The molecule has 0 spiro atoms. The van der Waals surface area contributed by atoms with Crippen LogP contribution >= 0.6 is 11.6 Å². The Kier molecular flexibility index (Phi) is 5.44. The standard InChI is InChI=1S/C12H22ClNO/c1-9(13)8-10(2)14-12(15)11-6-4-3-5-7-11/h9-11H,3-8H2,1-2H3,(H,14,15). The third-order valence-electron chi connectivity index (χ3n) is 3.04. The summed E-state index contributed by atoms with van der Waals surface area (Å²) in [6.45, 7) is 3.99. The SMILES string of the molecule is CC(Cl)CC(C)NC(=O)C1CCCCC1. The predicted molar refractivity (Wildman–Crippen MR) is 64.1 cm³/mol. The molecule has 1 aliphatic carbocycles. The predicted octanol–water partition coefficient (Wildman–Crippen LogP) is 3.09. The van der Waals surface area contributed by atoms with Crippen molar-refractivity contribution in [3.8, 4) is 0 Å². The molecule has 2 atom stereocenters. The lowest BCUT2D eigenvalue weighted by atomic mass is 9.88. The van der Waals surface area contributed by atoms with Crippen molar-refractivity contribution in [2.45, 2.75) is 63.8 Å². The zero-order valence-corrected chi connectivity index (χ0v) is 10.5. The number of hydrogen-bond donors (Lipinski definition) is 1. The molecule has 0 aromatic rings. The number of hydrogen-bond acceptors (Lipinski definition) is 1. The first kappa shape index (κ1) is 12.8. The van der Waals surface area contributed by atoms with Crippen LogP contribution in [-0.2, 0) is 4.79 Å². The highest BCUT2D eigenvalue weighted by molar-refractivity contribution is 6.20. The van der Waals surface area contributed by atoms with Crippen LogP contribution < -0.4 is 5.32 Å². The first-order valence-corrected chi connectivity index (χ1v) is 6.47. The molecule has 2 nitrogen and oxygen atoms in total. The van der Waals surface area contributed by atoms with Crippen LogP contribution in [0.3, 0.4) is 0 Å². The van der Waals surface area contributed by atoms with E-state index < -0.39 is 0 Å². The highest BCUT2D eigenvalue weighted by Crippen LogP contribution is 2.23. The molecule has 1 aliphatic rings. The Labute approximate surface area is 97.8 Å². The third-order valence-corrected chi connectivity index (χ3v) is 3.22. The maximum Gasteiger partial charge on any atom is 0.223 e. The Bertz CT molecular complexity index is 200. The van der Waals surface area contributed by atoms with E-state index in [4.69, 9.17) is 11.6 Å². The summed E-state index contributed by atoms with van der Waals surface area (Å²) in [5, 5.41) is 3.19. The highest BCUT2D eigenvalue weighted by atomic mass is 35.5. The smallest absolute Gasteiger partial charge is 0.223 e. The molecule has 88 valence electrons. The van der Waals surface area contributed by atoms with Crippen molar-refractivity contribution < 1.29 is 4.79 Å². The van der Waals surface area contributed by atoms with Gasteiger partial charge in [0, 0.05) is 17.3 Å². The largest absolute Gasteiger partial charge is 0.353 e. The number of rotatable bonds is 4. The summed E-state index contributed by atoms with van der Waals surface area (Å²) in [7, 11) is 0. The van der Waals surface area contributed by atoms with Crippen LogP contribution in [0, 0.1) is 5.92 Å². The van der Waals surface area contributed by atoms with Gasteiger partial charge in [-0.05, 0) is 33.1 Å². The van der Waals surface area contributed by atoms with Gasteiger partial charge < -0.3 is 5.32 Å². The van der Waals surface area contributed by atoms with Gasteiger partial charge in [-0.1, -0.05) is 19.3 Å². The zero-order chi connectivity index (χ0) is 11.3. The number of halogens is 1. The fraction of sp³-hybridized carbons (Fsp3) is 0.917. The number of nitrogens with one attached hydrogen (secondary N) is 1. The van der Waals surface area contributed by atoms with E-state index in [2.05, 4.69) is 5.32 Å². The average Bonchev–Trinajstić information content (AvgIpc) is 2.17. The van der Waals surface area contributed by atoms with Crippen LogP contribution in [0.25, 0.3) is 0 Å². The van der Waals surface area contributed by atoms with E-state index in [0.29, 0.717) is 0 Å². The molecule has 0 aliphatic heterocycles. The monoisotopic (exact) mass is 231 g/mol. The Morgan fingerprint density at radius 2 is 1.93 bits per heavy atom.